The summed E-state index contributed by atoms with van der Waals surface area (Å²) in [5.41, 5.74) is 0.0913. The molecule has 0 bridgehead atoms. The van der Waals surface area contributed by atoms with E-state index in [-0.39, 0.29) is 17.7 Å². The lowest BCUT2D eigenvalue weighted by Crippen LogP contribution is -2.39. The first kappa shape index (κ1) is 16.0. The Morgan fingerprint density at radius 3 is 2.55 bits per heavy atom. The van der Waals surface area contributed by atoms with Crippen molar-refractivity contribution in [3.05, 3.63) is 27.2 Å². The van der Waals surface area contributed by atoms with Crippen LogP contribution in [0.25, 0.3) is 11.2 Å². The summed E-state index contributed by atoms with van der Waals surface area (Å²) in [4.78, 5) is 39.1. The summed E-state index contributed by atoms with van der Waals surface area (Å²) in [6, 6.07) is 0. The Kier molecular flexibility index (Phi) is 4.79. The quantitative estimate of drug-likeness (QED) is 0.750. The molecule has 0 atom stereocenters. The third kappa shape index (κ3) is 3.10. The largest absolute Gasteiger partial charge is 0.481 e. The van der Waals surface area contributed by atoms with E-state index in [9.17, 15) is 14.4 Å². The number of aromatic nitrogens is 4. The van der Waals surface area contributed by atoms with Gasteiger partial charge in [-0.05, 0) is 12.8 Å². The van der Waals surface area contributed by atoms with Crippen molar-refractivity contribution in [2.45, 2.75) is 38.6 Å². The second-order valence-corrected chi connectivity index (χ2v) is 5.38. The second-order valence-electron chi connectivity index (χ2n) is 5.38. The minimum atomic E-state index is -0.799. The lowest BCUT2D eigenvalue weighted by molar-refractivity contribution is -0.137. The summed E-state index contributed by atoms with van der Waals surface area (Å²) in [5.74, 6) is -0.799. The predicted molar refractivity (Wildman–Crippen MR) is 80.9 cm³/mol. The van der Waals surface area contributed by atoms with Gasteiger partial charge >= 0.3 is 11.7 Å². The number of hydrogen-bond donors (Lipinski definition) is 1. The van der Waals surface area contributed by atoms with Gasteiger partial charge in [-0.3, -0.25) is 18.7 Å². The highest BCUT2D eigenvalue weighted by Gasteiger charge is 2.14. The molecule has 0 aliphatic heterocycles. The number of unbranched alkanes of at least 4 members (excludes halogenated alkanes) is 3. The van der Waals surface area contributed by atoms with Crippen LogP contribution in [0.15, 0.2) is 15.9 Å². The fourth-order valence-corrected chi connectivity index (χ4v) is 2.49. The van der Waals surface area contributed by atoms with Gasteiger partial charge in [-0.2, -0.15) is 0 Å². The van der Waals surface area contributed by atoms with E-state index < -0.39 is 5.97 Å². The van der Waals surface area contributed by atoms with Crippen LogP contribution in [0.2, 0.25) is 0 Å². The van der Waals surface area contributed by atoms with Gasteiger partial charge in [0, 0.05) is 27.1 Å². The normalized spacial score (nSPS) is 11.2. The molecule has 0 saturated carbocycles. The van der Waals surface area contributed by atoms with Gasteiger partial charge in [0.25, 0.3) is 5.56 Å². The smallest absolute Gasteiger partial charge is 0.332 e. The number of carbonyl (C=O) groups is 1. The van der Waals surface area contributed by atoms with Crippen LogP contribution < -0.4 is 11.2 Å². The third-order valence-corrected chi connectivity index (χ3v) is 3.72. The third-order valence-electron chi connectivity index (χ3n) is 3.72. The summed E-state index contributed by atoms with van der Waals surface area (Å²) in [6.45, 7) is 0.333. The molecule has 0 aliphatic rings. The molecule has 2 heterocycles. The second kappa shape index (κ2) is 6.59. The van der Waals surface area contributed by atoms with E-state index in [2.05, 4.69) is 4.98 Å². The number of carboxylic acid groups (broad SMARTS) is 1. The summed E-state index contributed by atoms with van der Waals surface area (Å²) < 4.78 is 4.21. The zero-order valence-corrected chi connectivity index (χ0v) is 12.8. The molecule has 0 amide bonds. The monoisotopic (exact) mass is 308 g/mol. The first-order valence-electron chi connectivity index (χ1n) is 7.26. The highest BCUT2D eigenvalue weighted by atomic mass is 16.4. The van der Waals surface area contributed by atoms with Crippen molar-refractivity contribution in [1.29, 1.82) is 0 Å². The van der Waals surface area contributed by atoms with Crippen LogP contribution in [0.5, 0.6) is 0 Å². The minimum absolute atomic E-state index is 0.155. The Bertz CT molecular complexity index is 800. The van der Waals surface area contributed by atoms with Crippen LogP contribution in [0, 0.1) is 0 Å². The van der Waals surface area contributed by atoms with E-state index >= 15 is 0 Å². The maximum Gasteiger partial charge on any atom is 0.332 e. The van der Waals surface area contributed by atoms with Gasteiger partial charge < -0.3 is 9.67 Å². The molecule has 22 heavy (non-hydrogen) atoms. The van der Waals surface area contributed by atoms with Gasteiger partial charge in [0.1, 0.15) is 0 Å². The molecule has 0 spiro atoms. The fourth-order valence-electron chi connectivity index (χ4n) is 2.49. The topological polar surface area (TPSA) is 99.1 Å². The predicted octanol–water partition coefficient (Wildman–Crippen LogP) is 0.469. The molecule has 2 rings (SSSR count). The Labute approximate surface area is 126 Å². The van der Waals surface area contributed by atoms with Gasteiger partial charge in [0.2, 0.25) is 0 Å². The summed E-state index contributed by atoms with van der Waals surface area (Å²) in [6.07, 6.45) is 4.51. The van der Waals surface area contributed by atoms with Crippen molar-refractivity contribution in [3.63, 3.8) is 0 Å². The first-order chi connectivity index (χ1) is 10.4. The Hall–Kier alpha value is -2.38. The van der Waals surface area contributed by atoms with E-state index in [1.54, 1.807) is 18.7 Å². The molecule has 2 aromatic heterocycles. The standard InChI is InChI=1S/C14H20N4O4/c1-16-9-15-12-11(16)13(21)18(14(22)17(12)2)8-6-4-3-5-7-10(19)20/h9H,3-8H2,1-2H3,(H,19,20). The summed E-state index contributed by atoms with van der Waals surface area (Å²) in [5, 5.41) is 8.56. The van der Waals surface area contributed by atoms with Crippen molar-refractivity contribution >= 4 is 17.1 Å². The van der Waals surface area contributed by atoms with Gasteiger partial charge in [-0.25, -0.2) is 9.78 Å². The molecule has 0 radical (unpaired) electrons. The number of aryl methyl sites for hydroxylation is 2. The average molecular weight is 308 g/mol. The number of nitrogens with zero attached hydrogens (tertiary/aromatic N) is 4. The van der Waals surface area contributed by atoms with Crippen LogP contribution >= 0.6 is 0 Å². The van der Waals surface area contributed by atoms with Crippen molar-refractivity contribution in [1.82, 2.24) is 18.7 Å². The average Bonchev–Trinajstić information content (AvgIpc) is 2.85. The van der Waals surface area contributed by atoms with Gasteiger partial charge in [-0.15, -0.1) is 0 Å². The molecule has 0 fully saturated rings. The Balaban J connectivity index is 2.11. The zero-order chi connectivity index (χ0) is 16.3. The molecular weight excluding hydrogens is 288 g/mol. The molecule has 0 unspecified atom stereocenters. The van der Waals surface area contributed by atoms with Gasteiger partial charge in [0.15, 0.2) is 11.2 Å². The van der Waals surface area contributed by atoms with Gasteiger partial charge in [-0.1, -0.05) is 12.8 Å². The number of rotatable bonds is 7. The Morgan fingerprint density at radius 2 is 1.86 bits per heavy atom. The van der Waals surface area contributed by atoms with E-state index in [4.69, 9.17) is 5.11 Å². The van der Waals surface area contributed by atoms with Crippen LogP contribution in [-0.4, -0.2) is 29.8 Å². The van der Waals surface area contributed by atoms with Crippen molar-refractivity contribution < 1.29 is 9.90 Å². The van der Waals surface area contributed by atoms with Crippen LogP contribution in [0.4, 0.5) is 0 Å². The zero-order valence-electron chi connectivity index (χ0n) is 12.8. The number of carboxylic acids is 1. The number of imidazole rings is 1. The highest BCUT2D eigenvalue weighted by Crippen LogP contribution is 2.06. The van der Waals surface area contributed by atoms with Crippen molar-refractivity contribution in [2.75, 3.05) is 0 Å². The van der Waals surface area contributed by atoms with E-state index in [0.717, 1.165) is 12.8 Å². The molecule has 8 heteroatoms. The molecule has 0 aromatic carbocycles. The van der Waals surface area contributed by atoms with E-state index in [1.165, 1.54) is 15.5 Å². The molecule has 120 valence electrons. The molecule has 0 saturated heterocycles. The van der Waals surface area contributed by atoms with Crippen LogP contribution in [0.1, 0.15) is 32.1 Å². The number of aliphatic carboxylic acids is 1. The fraction of sp³-hybridized carbons (Fsp3) is 0.571. The van der Waals surface area contributed by atoms with Crippen LogP contribution in [-0.2, 0) is 25.4 Å². The van der Waals surface area contributed by atoms with Crippen LogP contribution in [0.3, 0.4) is 0 Å². The SMILES string of the molecule is Cn1cnc2c1c(=O)n(CCCCCCC(=O)O)c(=O)n2C. The maximum atomic E-state index is 12.4. The lowest BCUT2D eigenvalue weighted by atomic mass is 10.1. The maximum absolute atomic E-state index is 12.4. The molecule has 1 N–H and O–H groups in total. The Morgan fingerprint density at radius 1 is 1.18 bits per heavy atom. The highest BCUT2D eigenvalue weighted by molar-refractivity contribution is 5.69. The first-order valence-corrected chi connectivity index (χ1v) is 7.26. The minimum Gasteiger partial charge on any atom is -0.481 e. The lowest BCUT2D eigenvalue weighted by Gasteiger charge is -2.08. The van der Waals surface area contributed by atoms with Crippen molar-refractivity contribution in [2.24, 2.45) is 14.1 Å². The number of hydrogen-bond acceptors (Lipinski definition) is 4. The summed E-state index contributed by atoms with van der Waals surface area (Å²) >= 11 is 0. The number of fused-ring (bicyclic) bond motifs is 1. The molecular formula is C14H20N4O4. The van der Waals surface area contributed by atoms with Gasteiger partial charge in [0.05, 0.1) is 6.33 Å². The molecule has 8 nitrogen and oxygen atoms in total. The van der Waals surface area contributed by atoms with E-state index in [0.29, 0.717) is 30.6 Å². The molecule has 0 aliphatic carbocycles. The van der Waals surface area contributed by atoms with Crippen molar-refractivity contribution in [3.8, 4) is 0 Å². The van der Waals surface area contributed by atoms with E-state index in [1.807, 2.05) is 0 Å². The summed E-state index contributed by atoms with van der Waals surface area (Å²) in [7, 11) is 3.32. The molecule has 2 aromatic rings.